The maximum absolute atomic E-state index is 11.7. The van der Waals surface area contributed by atoms with E-state index in [2.05, 4.69) is 5.32 Å². The van der Waals surface area contributed by atoms with Crippen LogP contribution in [0.3, 0.4) is 0 Å². The lowest BCUT2D eigenvalue weighted by molar-refractivity contribution is -0.128. The van der Waals surface area contributed by atoms with Crippen LogP contribution >= 0.6 is 0 Å². The number of carbonyl (C=O) groups is 2. The average Bonchev–Trinajstić information content (AvgIpc) is 2.42. The van der Waals surface area contributed by atoms with E-state index in [0.29, 0.717) is 25.1 Å². The summed E-state index contributed by atoms with van der Waals surface area (Å²) in [6.45, 7) is 3.51. The number of benzene rings is 1. The standard InChI is InChI=1S/C14H20N2O3/c1-3-15-10-13(17)16(2)9-8-11-6-4-5-7-12(11)14(18)19/h4-7,15H,3,8-10H2,1-2H3,(H,18,19). The van der Waals surface area contributed by atoms with E-state index in [4.69, 9.17) is 5.11 Å². The van der Waals surface area contributed by atoms with Gasteiger partial charge in [-0.3, -0.25) is 4.79 Å². The minimum atomic E-state index is -0.933. The zero-order valence-corrected chi connectivity index (χ0v) is 11.3. The van der Waals surface area contributed by atoms with Gasteiger partial charge in [-0.15, -0.1) is 0 Å². The second-order valence-electron chi connectivity index (χ2n) is 4.31. The fourth-order valence-corrected chi connectivity index (χ4v) is 1.73. The van der Waals surface area contributed by atoms with Crippen LogP contribution in [0.25, 0.3) is 0 Å². The smallest absolute Gasteiger partial charge is 0.335 e. The van der Waals surface area contributed by atoms with Gasteiger partial charge in [-0.25, -0.2) is 4.79 Å². The van der Waals surface area contributed by atoms with Crippen LogP contribution in [0.4, 0.5) is 0 Å². The summed E-state index contributed by atoms with van der Waals surface area (Å²) >= 11 is 0. The quantitative estimate of drug-likeness (QED) is 0.770. The second kappa shape index (κ2) is 7.53. The Morgan fingerprint density at radius 3 is 2.63 bits per heavy atom. The molecule has 0 saturated carbocycles. The van der Waals surface area contributed by atoms with Crippen molar-refractivity contribution in [3.8, 4) is 0 Å². The molecule has 0 saturated heterocycles. The maximum atomic E-state index is 11.7. The third kappa shape index (κ3) is 4.71. The molecule has 0 aliphatic carbocycles. The number of hydrogen-bond acceptors (Lipinski definition) is 3. The third-order valence-corrected chi connectivity index (χ3v) is 2.92. The first kappa shape index (κ1) is 15.2. The van der Waals surface area contributed by atoms with Crippen LogP contribution in [0.2, 0.25) is 0 Å². The third-order valence-electron chi connectivity index (χ3n) is 2.92. The highest BCUT2D eigenvalue weighted by molar-refractivity contribution is 5.89. The molecule has 1 aromatic carbocycles. The average molecular weight is 264 g/mol. The van der Waals surface area contributed by atoms with Gasteiger partial charge in [-0.1, -0.05) is 25.1 Å². The minimum absolute atomic E-state index is 0.00894. The molecule has 0 atom stereocenters. The Morgan fingerprint density at radius 2 is 2.00 bits per heavy atom. The molecule has 5 nitrogen and oxygen atoms in total. The molecule has 0 radical (unpaired) electrons. The molecule has 1 aromatic rings. The molecule has 0 heterocycles. The molecule has 1 rings (SSSR count). The highest BCUT2D eigenvalue weighted by atomic mass is 16.4. The summed E-state index contributed by atoms with van der Waals surface area (Å²) < 4.78 is 0. The first-order chi connectivity index (χ1) is 9.06. The SMILES string of the molecule is CCNCC(=O)N(C)CCc1ccccc1C(=O)O. The molecule has 0 aliphatic heterocycles. The van der Waals surface area contributed by atoms with E-state index in [1.807, 2.05) is 13.0 Å². The molecule has 0 aliphatic rings. The van der Waals surface area contributed by atoms with Gasteiger partial charge >= 0.3 is 5.97 Å². The van der Waals surface area contributed by atoms with Crippen molar-refractivity contribution in [2.75, 3.05) is 26.7 Å². The summed E-state index contributed by atoms with van der Waals surface area (Å²) in [4.78, 5) is 24.4. The van der Waals surface area contributed by atoms with E-state index in [1.165, 1.54) is 0 Å². The van der Waals surface area contributed by atoms with Crippen molar-refractivity contribution >= 4 is 11.9 Å². The predicted molar refractivity (Wildman–Crippen MR) is 73.3 cm³/mol. The van der Waals surface area contributed by atoms with E-state index in [0.717, 1.165) is 12.1 Å². The van der Waals surface area contributed by atoms with Gasteiger partial charge in [0, 0.05) is 13.6 Å². The molecule has 0 unspecified atom stereocenters. The van der Waals surface area contributed by atoms with Crippen molar-refractivity contribution in [3.05, 3.63) is 35.4 Å². The van der Waals surface area contributed by atoms with Crippen molar-refractivity contribution in [2.45, 2.75) is 13.3 Å². The fraction of sp³-hybridized carbons (Fsp3) is 0.429. The van der Waals surface area contributed by atoms with Crippen molar-refractivity contribution in [3.63, 3.8) is 0 Å². The largest absolute Gasteiger partial charge is 0.478 e. The molecule has 19 heavy (non-hydrogen) atoms. The Kier molecular flexibility index (Phi) is 6.02. The number of nitrogens with zero attached hydrogens (tertiary/aromatic N) is 1. The van der Waals surface area contributed by atoms with E-state index >= 15 is 0 Å². The number of rotatable bonds is 7. The minimum Gasteiger partial charge on any atom is -0.478 e. The number of aromatic carboxylic acids is 1. The van der Waals surface area contributed by atoms with Crippen LogP contribution in [-0.4, -0.2) is 48.6 Å². The van der Waals surface area contributed by atoms with Gasteiger partial charge in [0.1, 0.15) is 0 Å². The summed E-state index contributed by atoms with van der Waals surface area (Å²) in [6.07, 6.45) is 0.539. The molecule has 0 spiro atoms. The number of carbonyl (C=O) groups excluding carboxylic acids is 1. The van der Waals surface area contributed by atoms with Gasteiger partial charge in [-0.2, -0.15) is 0 Å². The number of carboxylic acid groups (broad SMARTS) is 1. The number of nitrogens with one attached hydrogen (secondary N) is 1. The summed E-state index contributed by atoms with van der Waals surface area (Å²) in [5.74, 6) is -0.924. The summed E-state index contributed by atoms with van der Waals surface area (Å²) in [5.41, 5.74) is 1.05. The van der Waals surface area contributed by atoms with Crippen LogP contribution in [0.1, 0.15) is 22.8 Å². The number of hydrogen-bond donors (Lipinski definition) is 2. The Bertz CT molecular complexity index is 446. The van der Waals surface area contributed by atoms with Crippen molar-refractivity contribution in [1.82, 2.24) is 10.2 Å². The van der Waals surface area contributed by atoms with Crippen LogP contribution in [0, 0.1) is 0 Å². The van der Waals surface area contributed by atoms with Crippen LogP contribution < -0.4 is 5.32 Å². The Labute approximate surface area is 113 Å². The topological polar surface area (TPSA) is 69.6 Å². The number of likely N-dealkylation sites (N-methyl/N-ethyl adjacent to an activating group) is 2. The molecular formula is C14H20N2O3. The van der Waals surface area contributed by atoms with E-state index < -0.39 is 5.97 Å². The summed E-state index contributed by atoms with van der Waals surface area (Å²) in [7, 11) is 1.73. The first-order valence-corrected chi connectivity index (χ1v) is 6.32. The molecule has 5 heteroatoms. The molecule has 1 amide bonds. The van der Waals surface area contributed by atoms with Crippen molar-refractivity contribution < 1.29 is 14.7 Å². The number of amides is 1. The molecule has 0 bridgehead atoms. The van der Waals surface area contributed by atoms with Gasteiger partial charge in [0.15, 0.2) is 0 Å². The van der Waals surface area contributed by atoms with Crippen molar-refractivity contribution in [2.24, 2.45) is 0 Å². The summed E-state index contributed by atoms with van der Waals surface area (Å²) in [5, 5.41) is 12.0. The normalized spacial score (nSPS) is 10.2. The van der Waals surface area contributed by atoms with Crippen molar-refractivity contribution in [1.29, 1.82) is 0 Å². The second-order valence-corrected chi connectivity index (χ2v) is 4.31. The molecule has 0 aromatic heterocycles. The highest BCUT2D eigenvalue weighted by Gasteiger charge is 2.11. The van der Waals surface area contributed by atoms with Crippen LogP contribution in [0.15, 0.2) is 24.3 Å². The lowest BCUT2D eigenvalue weighted by Crippen LogP contribution is -2.36. The van der Waals surface area contributed by atoms with Gasteiger partial charge < -0.3 is 15.3 Å². The van der Waals surface area contributed by atoms with Crippen LogP contribution in [0.5, 0.6) is 0 Å². The molecular weight excluding hydrogens is 244 g/mol. The van der Waals surface area contributed by atoms with Gasteiger partial charge in [-0.05, 0) is 24.6 Å². The summed E-state index contributed by atoms with van der Waals surface area (Å²) in [6, 6.07) is 6.87. The van der Waals surface area contributed by atoms with Gasteiger partial charge in [0.05, 0.1) is 12.1 Å². The molecule has 2 N–H and O–H groups in total. The van der Waals surface area contributed by atoms with Crippen LogP contribution in [-0.2, 0) is 11.2 Å². The van der Waals surface area contributed by atoms with Gasteiger partial charge in [0.25, 0.3) is 0 Å². The Balaban J connectivity index is 2.57. The molecule has 104 valence electrons. The van der Waals surface area contributed by atoms with E-state index in [1.54, 1.807) is 30.1 Å². The first-order valence-electron chi connectivity index (χ1n) is 6.32. The highest BCUT2D eigenvalue weighted by Crippen LogP contribution is 2.09. The predicted octanol–water partition coefficient (Wildman–Crippen LogP) is 0.995. The maximum Gasteiger partial charge on any atom is 0.335 e. The fourth-order valence-electron chi connectivity index (χ4n) is 1.73. The molecule has 0 fully saturated rings. The lowest BCUT2D eigenvalue weighted by Gasteiger charge is -2.17. The van der Waals surface area contributed by atoms with E-state index in [-0.39, 0.29) is 5.91 Å². The zero-order chi connectivity index (χ0) is 14.3. The van der Waals surface area contributed by atoms with Gasteiger partial charge in [0.2, 0.25) is 5.91 Å². The lowest BCUT2D eigenvalue weighted by atomic mass is 10.0. The number of carboxylic acids is 1. The Morgan fingerprint density at radius 1 is 1.32 bits per heavy atom. The Hall–Kier alpha value is -1.88. The zero-order valence-electron chi connectivity index (χ0n) is 11.3. The monoisotopic (exact) mass is 264 g/mol. The van der Waals surface area contributed by atoms with E-state index in [9.17, 15) is 9.59 Å².